The van der Waals surface area contributed by atoms with Crippen LogP contribution in [-0.4, -0.2) is 10.2 Å². The van der Waals surface area contributed by atoms with E-state index in [2.05, 4.69) is 38.1 Å². The predicted molar refractivity (Wildman–Crippen MR) is 110 cm³/mol. The van der Waals surface area contributed by atoms with Gasteiger partial charge in [0.05, 0.1) is 0 Å². The first-order chi connectivity index (χ1) is 12.7. The van der Waals surface area contributed by atoms with Crippen LogP contribution in [-0.2, 0) is 0 Å². The van der Waals surface area contributed by atoms with E-state index in [1.54, 1.807) is 24.3 Å². The van der Waals surface area contributed by atoms with Crippen molar-refractivity contribution in [3.05, 3.63) is 59.7 Å². The molecule has 0 heterocycles. The van der Waals surface area contributed by atoms with Crippen molar-refractivity contribution in [1.82, 2.24) is 0 Å². The summed E-state index contributed by atoms with van der Waals surface area (Å²) < 4.78 is 0. The SMILES string of the molecule is CCCCCCC(CCCC)C(c1ccc(O)cc1)c1ccc(O)cc1. The van der Waals surface area contributed by atoms with E-state index >= 15 is 0 Å². The topological polar surface area (TPSA) is 40.5 Å². The number of phenolic OH excluding ortho intramolecular Hbond substituents is 2. The molecule has 2 aromatic carbocycles. The van der Waals surface area contributed by atoms with Crippen LogP contribution in [0.4, 0.5) is 0 Å². The summed E-state index contributed by atoms with van der Waals surface area (Å²) in [4.78, 5) is 0. The summed E-state index contributed by atoms with van der Waals surface area (Å²) in [7, 11) is 0. The van der Waals surface area contributed by atoms with Crippen molar-refractivity contribution in [1.29, 1.82) is 0 Å². The lowest BCUT2D eigenvalue weighted by atomic mass is 9.76. The van der Waals surface area contributed by atoms with Gasteiger partial charge in [-0.05, 0) is 54.2 Å². The maximum absolute atomic E-state index is 9.69. The van der Waals surface area contributed by atoms with Crippen LogP contribution >= 0.6 is 0 Å². The Balaban J connectivity index is 2.30. The van der Waals surface area contributed by atoms with Crippen LogP contribution in [0.1, 0.15) is 82.3 Å². The molecule has 0 amide bonds. The van der Waals surface area contributed by atoms with Gasteiger partial charge in [-0.3, -0.25) is 0 Å². The molecule has 1 atom stereocenters. The molecule has 0 saturated heterocycles. The lowest BCUT2D eigenvalue weighted by Gasteiger charge is -2.29. The second-order valence-corrected chi connectivity index (χ2v) is 7.41. The van der Waals surface area contributed by atoms with Gasteiger partial charge in [0, 0.05) is 5.92 Å². The fourth-order valence-corrected chi connectivity index (χ4v) is 3.88. The van der Waals surface area contributed by atoms with E-state index in [9.17, 15) is 10.2 Å². The molecule has 0 fully saturated rings. The number of phenols is 2. The minimum Gasteiger partial charge on any atom is -0.508 e. The summed E-state index contributed by atoms with van der Waals surface area (Å²) in [5.41, 5.74) is 2.51. The highest BCUT2D eigenvalue weighted by atomic mass is 16.3. The van der Waals surface area contributed by atoms with Crippen molar-refractivity contribution < 1.29 is 10.2 Å². The Morgan fingerprint density at radius 1 is 0.615 bits per heavy atom. The molecule has 0 aliphatic carbocycles. The van der Waals surface area contributed by atoms with E-state index in [1.165, 1.54) is 62.5 Å². The second kappa shape index (κ2) is 10.9. The molecule has 2 nitrogen and oxygen atoms in total. The van der Waals surface area contributed by atoms with E-state index in [0.29, 0.717) is 23.3 Å². The summed E-state index contributed by atoms with van der Waals surface area (Å²) in [5.74, 6) is 1.52. The predicted octanol–water partition coefficient (Wildman–Crippen LogP) is 7.01. The number of unbranched alkanes of at least 4 members (excludes halogenated alkanes) is 4. The van der Waals surface area contributed by atoms with Crippen LogP contribution in [0.25, 0.3) is 0 Å². The fraction of sp³-hybridized carbons (Fsp3) is 0.500. The summed E-state index contributed by atoms with van der Waals surface area (Å²) in [6, 6.07) is 15.4. The Kier molecular flexibility index (Phi) is 8.53. The largest absolute Gasteiger partial charge is 0.508 e. The summed E-state index contributed by atoms with van der Waals surface area (Å²) >= 11 is 0. The van der Waals surface area contributed by atoms with Crippen molar-refractivity contribution in [3.63, 3.8) is 0 Å². The van der Waals surface area contributed by atoms with Gasteiger partial charge in [-0.25, -0.2) is 0 Å². The highest BCUT2D eigenvalue weighted by Gasteiger charge is 2.24. The minimum absolute atomic E-state index is 0.310. The first-order valence-electron chi connectivity index (χ1n) is 10.2. The molecule has 142 valence electrons. The molecular weight excluding hydrogens is 320 g/mol. The number of rotatable bonds is 11. The van der Waals surface area contributed by atoms with Gasteiger partial charge in [-0.2, -0.15) is 0 Å². The van der Waals surface area contributed by atoms with E-state index in [4.69, 9.17) is 0 Å². The summed E-state index contributed by atoms with van der Waals surface area (Å²) in [5, 5.41) is 19.4. The van der Waals surface area contributed by atoms with Crippen LogP contribution in [0.15, 0.2) is 48.5 Å². The van der Waals surface area contributed by atoms with E-state index in [0.717, 1.165) is 0 Å². The molecule has 0 bridgehead atoms. The quantitative estimate of drug-likeness (QED) is 0.426. The van der Waals surface area contributed by atoms with Gasteiger partial charge >= 0.3 is 0 Å². The molecule has 26 heavy (non-hydrogen) atoms. The van der Waals surface area contributed by atoms with Gasteiger partial charge in [0.25, 0.3) is 0 Å². The molecule has 1 unspecified atom stereocenters. The van der Waals surface area contributed by atoms with E-state index in [1.807, 2.05) is 0 Å². The third kappa shape index (κ3) is 6.09. The van der Waals surface area contributed by atoms with Crippen LogP contribution in [0.2, 0.25) is 0 Å². The summed E-state index contributed by atoms with van der Waals surface area (Å²) in [6.07, 6.45) is 10.0. The Hall–Kier alpha value is -1.96. The average Bonchev–Trinajstić information content (AvgIpc) is 2.65. The zero-order chi connectivity index (χ0) is 18.8. The van der Waals surface area contributed by atoms with Crippen LogP contribution in [0, 0.1) is 5.92 Å². The van der Waals surface area contributed by atoms with Crippen molar-refractivity contribution >= 4 is 0 Å². The normalized spacial score (nSPS) is 12.4. The molecule has 0 aliphatic heterocycles. The van der Waals surface area contributed by atoms with Gasteiger partial charge in [0.1, 0.15) is 11.5 Å². The van der Waals surface area contributed by atoms with Crippen molar-refractivity contribution in [2.45, 2.75) is 71.1 Å². The third-order valence-corrected chi connectivity index (χ3v) is 5.33. The molecule has 2 aromatic rings. The molecule has 2 N–H and O–H groups in total. The fourth-order valence-electron chi connectivity index (χ4n) is 3.88. The number of aromatic hydroxyl groups is 2. The van der Waals surface area contributed by atoms with Crippen molar-refractivity contribution in [2.24, 2.45) is 5.92 Å². The highest BCUT2D eigenvalue weighted by molar-refractivity contribution is 5.38. The van der Waals surface area contributed by atoms with Gasteiger partial charge in [0.15, 0.2) is 0 Å². The Bertz CT molecular complexity index is 570. The number of benzene rings is 2. The minimum atomic E-state index is 0.310. The van der Waals surface area contributed by atoms with Crippen LogP contribution in [0.3, 0.4) is 0 Å². The van der Waals surface area contributed by atoms with E-state index in [-0.39, 0.29) is 0 Å². The molecule has 0 aromatic heterocycles. The second-order valence-electron chi connectivity index (χ2n) is 7.41. The zero-order valence-electron chi connectivity index (χ0n) is 16.3. The lowest BCUT2D eigenvalue weighted by Crippen LogP contribution is -2.15. The summed E-state index contributed by atoms with van der Waals surface area (Å²) in [6.45, 7) is 4.51. The molecule has 2 rings (SSSR count). The van der Waals surface area contributed by atoms with Gasteiger partial charge in [-0.1, -0.05) is 76.6 Å². The first-order valence-corrected chi connectivity index (χ1v) is 10.2. The number of hydrogen-bond acceptors (Lipinski definition) is 2. The third-order valence-electron chi connectivity index (χ3n) is 5.33. The Morgan fingerprint density at radius 2 is 1.08 bits per heavy atom. The van der Waals surface area contributed by atoms with Gasteiger partial charge in [0.2, 0.25) is 0 Å². The first kappa shape index (κ1) is 20.4. The standard InChI is InChI=1S/C24H34O2/c1-3-5-7-8-10-19(9-6-4-2)24(20-11-15-22(25)16-12-20)21-13-17-23(26)18-14-21/h11-19,24-26H,3-10H2,1-2H3. The Labute approximate surface area is 158 Å². The highest BCUT2D eigenvalue weighted by Crippen LogP contribution is 2.39. The van der Waals surface area contributed by atoms with Gasteiger partial charge in [-0.15, -0.1) is 0 Å². The Morgan fingerprint density at radius 3 is 1.54 bits per heavy atom. The molecular formula is C24H34O2. The average molecular weight is 355 g/mol. The molecule has 0 aliphatic rings. The lowest BCUT2D eigenvalue weighted by molar-refractivity contribution is 0.374. The maximum atomic E-state index is 9.69. The number of hydrogen-bond donors (Lipinski definition) is 2. The van der Waals surface area contributed by atoms with E-state index < -0.39 is 0 Å². The smallest absolute Gasteiger partial charge is 0.115 e. The zero-order valence-corrected chi connectivity index (χ0v) is 16.3. The molecule has 0 saturated carbocycles. The maximum Gasteiger partial charge on any atom is 0.115 e. The van der Waals surface area contributed by atoms with Crippen molar-refractivity contribution in [2.75, 3.05) is 0 Å². The van der Waals surface area contributed by atoms with Crippen LogP contribution < -0.4 is 0 Å². The van der Waals surface area contributed by atoms with Gasteiger partial charge < -0.3 is 10.2 Å². The van der Waals surface area contributed by atoms with Crippen molar-refractivity contribution in [3.8, 4) is 11.5 Å². The monoisotopic (exact) mass is 354 g/mol. The molecule has 2 heteroatoms. The molecule has 0 spiro atoms. The molecule has 0 radical (unpaired) electrons. The van der Waals surface area contributed by atoms with Crippen LogP contribution in [0.5, 0.6) is 11.5 Å².